The number of thiophene rings is 1. The molecular weight excluding hydrogens is 440 g/mol. The number of carbonyl (C=O) groups is 2. The molecule has 0 spiro atoms. The number of hydrogen-bond acceptors (Lipinski definition) is 3. The van der Waals surface area contributed by atoms with Crippen molar-refractivity contribution in [3.05, 3.63) is 93.2 Å². The third-order valence-corrected chi connectivity index (χ3v) is 7.95. The molecule has 2 heterocycles. The lowest BCUT2D eigenvalue weighted by molar-refractivity contribution is -0.134. The van der Waals surface area contributed by atoms with Crippen molar-refractivity contribution in [2.75, 3.05) is 13.1 Å². The van der Waals surface area contributed by atoms with Crippen molar-refractivity contribution in [3.63, 3.8) is 0 Å². The zero-order chi connectivity index (χ0) is 23.9. The maximum absolute atomic E-state index is 13.7. The van der Waals surface area contributed by atoms with Gasteiger partial charge in [0.15, 0.2) is 0 Å². The molecule has 1 aliphatic heterocycles. The molecular formula is C29H32N2O2S. The molecule has 1 saturated carbocycles. The van der Waals surface area contributed by atoms with E-state index < -0.39 is 0 Å². The Morgan fingerprint density at radius 2 is 1.71 bits per heavy atom. The third kappa shape index (κ3) is 4.54. The molecule has 34 heavy (non-hydrogen) atoms. The number of amides is 2. The number of rotatable bonds is 5. The minimum absolute atomic E-state index is 0.0252. The van der Waals surface area contributed by atoms with Gasteiger partial charge in [0, 0.05) is 23.0 Å². The molecule has 0 radical (unpaired) electrons. The van der Waals surface area contributed by atoms with Gasteiger partial charge >= 0.3 is 0 Å². The summed E-state index contributed by atoms with van der Waals surface area (Å²) in [6, 6.07) is 20.4. The van der Waals surface area contributed by atoms with Crippen LogP contribution in [0.1, 0.15) is 71.6 Å². The van der Waals surface area contributed by atoms with Crippen LogP contribution >= 0.6 is 11.3 Å². The Kier molecular flexibility index (Phi) is 6.07. The van der Waals surface area contributed by atoms with Crippen LogP contribution < -0.4 is 0 Å². The lowest BCUT2D eigenvalue weighted by Gasteiger charge is -2.37. The van der Waals surface area contributed by atoms with Crippen LogP contribution in [0.3, 0.4) is 0 Å². The Hall–Kier alpha value is -2.92. The number of benzene rings is 2. The second-order valence-corrected chi connectivity index (χ2v) is 11.4. The first-order chi connectivity index (χ1) is 16.3. The molecule has 2 aliphatic rings. The average Bonchev–Trinajstić information content (AvgIpc) is 3.57. The standard InChI is InChI=1S/C29H32N2O2S/c1-29(2,3)22-11-9-21(10-12-22)28(33)31(23-13-14-23)19-26(32)30-17-15-25-24(16-18-34-25)27(30)20-7-5-4-6-8-20/h4-12,16,18,23,27H,13-15,17,19H2,1-3H3. The zero-order valence-electron chi connectivity index (χ0n) is 20.2. The largest absolute Gasteiger partial charge is 0.330 e. The van der Waals surface area contributed by atoms with Gasteiger partial charge in [-0.1, -0.05) is 63.2 Å². The summed E-state index contributed by atoms with van der Waals surface area (Å²) in [6.45, 7) is 7.31. The summed E-state index contributed by atoms with van der Waals surface area (Å²) >= 11 is 1.77. The highest BCUT2D eigenvalue weighted by molar-refractivity contribution is 7.10. The molecule has 4 nitrogen and oxygen atoms in total. The van der Waals surface area contributed by atoms with Crippen molar-refractivity contribution < 1.29 is 9.59 Å². The first-order valence-electron chi connectivity index (χ1n) is 12.1. The van der Waals surface area contributed by atoms with Crippen molar-refractivity contribution in [3.8, 4) is 0 Å². The lowest BCUT2D eigenvalue weighted by atomic mass is 9.86. The van der Waals surface area contributed by atoms with Gasteiger partial charge in [0.1, 0.15) is 6.54 Å². The number of hydrogen-bond donors (Lipinski definition) is 0. The molecule has 0 bridgehead atoms. The first-order valence-corrected chi connectivity index (χ1v) is 13.0. The highest BCUT2D eigenvalue weighted by atomic mass is 32.1. The molecule has 1 aliphatic carbocycles. The number of nitrogens with zero attached hydrogens (tertiary/aromatic N) is 2. The monoisotopic (exact) mass is 472 g/mol. The van der Waals surface area contributed by atoms with E-state index in [1.807, 2.05) is 47.4 Å². The molecule has 5 heteroatoms. The fourth-order valence-corrected chi connectivity index (χ4v) is 5.75. The Bertz CT molecular complexity index is 1170. The van der Waals surface area contributed by atoms with Crippen molar-refractivity contribution in [1.82, 2.24) is 9.80 Å². The van der Waals surface area contributed by atoms with E-state index in [4.69, 9.17) is 0 Å². The summed E-state index contributed by atoms with van der Waals surface area (Å²) in [4.78, 5) is 32.3. The van der Waals surface area contributed by atoms with Crippen LogP contribution in [-0.4, -0.2) is 40.7 Å². The van der Waals surface area contributed by atoms with E-state index in [2.05, 4.69) is 44.4 Å². The summed E-state index contributed by atoms with van der Waals surface area (Å²) in [5.74, 6) is -0.0157. The van der Waals surface area contributed by atoms with Crippen LogP contribution in [0, 0.1) is 0 Å². The smallest absolute Gasteiger partial charge is 0.254 e. The predicted molar refractivity (Wildman–Crippen MR) is 137 cm³/mol. The van der Waals surface area contributed by atoms with Crippen LogP contribution in [0.4, 0.5) is 0 Å². The minimum Gasteiger partial charge on any atom is -0.330 e. The summed E-state index contributed by atoms with van der Waals surface area (Å²) in [5.41, 5.74) is 4.24. The van der Waals surface area contributed by atoms with Crippen LogP contribution in [0.5, 0.6) is 0 Å². The molecule has 1 atom stereocenters. The van der Waals surface area contributed by atoms with Gasteiger partial charge in [-0.05, 0) is 64.9 Å². The fourth-order valence-electron chi connectivity index (χ4n) is 4.85. The Morgan fingerprint density at radius 3 is 2.35 bits per heavy atom. The van der Waals surface area contributed by atoms with E-state index in [0.717, 1.165) is 24.8 Å². The molecule has 176 valence electrons. The van der Waals surface area contributed by atoms with E-state index in [9.17, 15) is 9.59 Å². The molecule has 1 unspecified atom stereocenters. The average molecular weight is 473 g/mol. The third-order valence-electron chi connectivity index (χ3n) is 6.95. The van der Waals surface area contributed by atoms with Gasteiger partial charge in [-0.3, -0.25) is 9.59 Å². The molecule has 3 aromatic rings. The molecule has 0 N–H and O–H groups in total. The molecule has 2 amide bonds. The van der Waals surface area contributed by atoms with Crippen molar-refractivity contribution in [2.45, 2.75) is 57.5 Å². The summed E-state index contributed by atoms with van der Waals surface area (Å²) < 4.78 is 0. The zero-order valence-corrected chi connectivity index (χ0v) is 21.0. The van der Waals surface area contributed by atoms with E-state index in [0.29, 0.717) is 12.1 Å². The highest BCUT2D eigenvalue weighted by Gasteiger charge is 2.38. The predicted octanol–water partition coefficient (Wildman–Crippen LogP) is 5.82. The van der Waals surface area contributed by atoms with Crippen molar-refractivity contribution in [2.24, 2.45) is 0 Å². The van der Waals surface area contributed by atoms with Crippen LogP contribution in [-0.2, 0) is 16.6 Å². The van der Waals surface area contributed by atoms with Crippen molar-refractivity contribution in [1.29, 1.82) is 0 Å². The Labute approximate surface area is 206 Å². The molecule has 2 aromatic carbocycles. The summed E-state index contributed by atoms with van der Waals surface area (Å²) in [6.07, 6.45) is 2.81. The van der Waals surface area contributed by atoms with Gasteiger partial charge in [0.25, 0.3) is 5.91 Å². The van der Waals surface area contributed by atoms with Gasteiger partial charge in [-0.25, -0.2) is 0 Å². The normalized spacial score (nSPS) is 17.9. The molecule has 1 fully saturated rings. The van der Waals surface area contributed by atoms with E-state index in [1.165, 1.54) is 16.0 Å². The first kappa shape index (κ1) is 22.9. The summed E-state index contributed by atoms with van der Waals surface area (Å²) in [5, 5.41) is 2.12. The Morgan fingerprint density at radius 1 is 1.00 bits per heavy atom. The maximum Gasteiger partial charge on any atom is 0.254 e. The van der Waals surface area contributed by atoms with Gasteiger partial charge < -0.3 is 9.80 Å². The number of carbonyl (C=O) groups excluding carboxylic acids is 2. The van der Waals surface area contributed by atoms with Gasteiger partial charge in [-0.15, -0.1) is 11.3 Å². The van der Waals surface area contributed by atoms with Crippen LogP contribution in [0.15, 0.2) is 66.0 Å². The number of fused-ring (bicyclic) bond motifs is 1. The summed E-state index contributed by atoms with van der Waals surface area (Å²) in [7, 11) is 0. The topological polar surface area (TPSA) is 40.6 Å². The van der Waals surface area contributed by atoms with E-state index >= 15 is 0 Å². The van der Waals surface area contributed by atoms with E-state index in [-0.39, 0.29) is 35.9 Å². The lowest BCUT2D eigenvalue weighted by Crippen LogP contribution is -2.47. The van der Waals surface area contributed by atoms with Gasteiger partial charge in [0.2, 0.25) is 5.91 Å². The molecule has 0 saturated heterocycles. The van der Waals surface area contributed by atoms with Crippen LogP contribution in [0.25, 0.3) is 0 Å². The van der Waals surface area contributed by atoms with Gasteiger partial charge in [-0.2, -0.15) is 0 Å². The molecule has 1 aromatic heterocycles. The van der Waals surface area contributed by atoms with Gasteiger partial charge in [0.05, 0.1) is 6.04 Å². The fraction of sp³-hybridized carbons (Fsp3) is 0.379. The Balaban J connectivity index is 1.39. The highest BCUT2D eigenvalue weighted by Crippen LogP contribution is 2.38. The second kappa shape index (κ2) is 9.03. The SMILES string of the molecule is CC(C)(C)c1ccc(C(=O)N(CC(=O)N2CCc3sccc3C2c2ccccc2)C2CC2)cc1. The minimum atomic E-state index is -0.0917. The molecule has 5 rings (SSSR count). The van der Waals surface area contributed by atoms with Crippen molar-refractivity contribution >= 4 is 23.2 Å². The quantitative estimate of drug-likeness (QED) is 0.469. The maximum atomic E-state index is 13.7. The van der Waals surface area contributed by atoms with E-state index in [1.54, 1.807) is 16.2 Å². The second-order valence-electron chi connectivity index (χ2n) is 10.4. The van der Waals surface area contributed by atoms with Crippen LogP contribution in [0.2, 0.25) is 0 Å².